The van der Waals surface area contributed by atoms with Crippen LogP contribution in [0.1, 0.15) is 45.5 Å². The number of hydrogen-bond donors (Lipinski definition) is 1. The van der Waals surface area contributed by atoms with E-state index in [2.05, 4.69) is 26.7 Å². The Hall–Kier alpha value is -3.16. The molecule has 3 aromatic rings. The van der Waals surface area contributed by atoms with Crippen molar-refractivity contribution in [2.75, 3.05) is 6.61 Å². The number of rotatable bonds is 5. The lowest BCUT2D eigenvalue weighted by Crippen LogP contribution is -2.24. The Bertz CT molecular complexity index is 1060. The molecule has 0 atom stereocenters. The average molecular weight is 409 g/mol. The molecule has 0 aliphatic carbocycles. The Balaban J connectivity index is 1.65. The van der Waals surface area contributed by atoms with Gasteiger partial charge in [0.25, 0.3) is 0 Å². The first-order valence-electron chi connectivity index (χ1n) is 10.3. The Kier molecular flexibility index (Phi) is 5.32. The molecule has 30 heavy (non-hydrogen) atoms. The molecule has 1 aliphatic rings. The van der Waals surface area contributed by atoms with Crippen LogP contribution in [0.2, 0.25) is 0 Å². The minimum Gasteiger partial charge on any atom is -0.491 e. The number of esters is 1. The zero-order valence-corrected chi connectivity index (χ0v) is 17.9. The molecule has 8 heteroatoms. The lowest BCUT2D eigenvalue weighted by atomic mass is 10.1. The van der Waals surface area contributed by atoms with Gasteiger partial charge in [0.1, 0.15) is 29.5 Å². The van der Waals surface area contributed by atoms with E-state index in [1.54, 1.807) is 0 Å². The van der Waals surface area contributed by atoms with Crippen LogP contribution < -0.4 is 4.74 Å². The molecule has 3 heterocycles. The molecule has 4 rings (SSSR count). The normalized spacial score (nSPS) is 13.2. The van der Waals surface area contributed by atoms with Crippen molar-refractivity contribution in [3.8, 4) is 28.7 Å². The maximum atomic E-state index is 12.3. The molecular weight excluding hydrogens is 382 g/mol. The van der Waals surface area contributed by atoms with Gasteiger partial charge in [0.05, 0.1) is 18.5 Å². The highest BCUT2D eigenvalue weighted by atomic mass is 16.6. The molecular formula is C22H27N5O3. The number of hydrogen-bond acceptors (Lipinski definition) is 6. The molecule has 1 aromatic carbocycles. The summed E-state index contributed by atoms with van der Waals surface area (Å²) in [6.07, 6.45) is 3.97. The van der Waals surface area contributed by atoms with E-state index >= 15 is 0 Å². The average Bonchev–Trinajstić information content (AvgIpc) is 3.25. The second kappa shape index (κ2) is 7.93. The fourth-order valence-electron chi connectivity index (χ4n) is 3.45. The van der Waals surface area contributed by atoms with Gasteiger partial charge in [-0.3, -0.25) is 9.89 Å². The summed E-state index contributed by atoms with van der Waals surface area (Å²) < 4.78 is 13.4. The van der Waals surface area contributed by atoms with Gasteiger partial charge in [-0.2, -0.15) is 5.10 Å². The Labute approximate surface area is 175 Å². The molecule has 0 bridgehead atoms. The highest BCUT2D eigenvalue weighted by Crippen LogP contribution is 2.34. The molecule has 0 fully saturated rings. The van der Waals surface area contributed by atoms with Gasteiger partial charge in [-0.1, -0.05) is 13.0 Å². The van der Waals surface area contributed by atoms with Gasteiger partial charge in [-0.15, -0.1) is 0 Å². The first kappa shape index (κ1) is 20.1. The van der Waals surface area contributed by atoms with Crippen LogP contribution in [0.4, 0.5) is 0 Å². The molecule has 0 saturated carbocycles. The van der Waals surface area contributed by atoms with Crippen molar-refractivity contribution >= 4 is 5.97 Å². The molecule has 1 aliphatic heterocycles. The van der Waals surface area contributed by atoms with Crippen molar-refractivity contribution in [2.45, 2.75) is 59.1 Å². The van der Waals surface area contributed by atoms with Gasteiger partial charge in [0.2, 0.25) is 0 Å². The summed E-state index contributed by atoms with van der Waals surface area (Å²) in [6, 6.07) is 5.75. The molecule has 0 unspecified atom stereocenters. The molecule has 1 N–H and O–H groups in total. The Morgan fingerprint density at radius 2 is 2.13 bits per heavy atom. The maximum Gasteiger partial charge on any atom is 0.310 e. The van der Waals surface area contributed by atoms with Gasteiger partial charge in [0.15, 0.2) is 11.6 Å². The molecule has 0 saturated heterocycles. The first-order chi connectivity index (χ1) is 14.3. The molecule has 2 aromatic heterocycles. The minimum atomic E-state index is -0.509. The number of H-pyrrole nitrogens is 1. The molecule has 0 amide bonds. The van der Waals surface area contributed by atoms with Gasteiger partial charge >= 0.3 is 5.97 Å². The predicted molar refractivity (Wildman–Crippen MR) is 112 cm³/mol. The third kappa shape index (κ3) is 4.37. The highest BCUT2D eigenvalue weighted by molar-refractivity contribution is 5.75. The van der Waals surface area contributed by atoms with Crippen molar-refractivity contribution in [2.24, 2.45) is 0 Å². The van der Waals surface area contributed by atoms with Gasteiger partial charge in [-0.05, 0) is 44.9 Å². The van der Waals surface area contributed by atoms with Crippen LogP contribution in [0.25, 0.3) is 22.9 Å². The fraction of sp³-hybridized carbons (Fsp3) is 0.455. The van der Waals surface area contributed by atoms with Crippen molar-refractivity contribution < 1.29 is 14.3 Å². The van der Waals surface area contributed by atoms with Crippen LogP contribution in [-0.4, -0.2) is 42.9 Å². The number of nitrogens with one attached hydrogen (secondary N) is 1. The van der Waals surface area contributed by atoms with Crippen LogP contribution in [0.3, 0.4) is 0 Å². The van der Waals surface area contributed by atoms with Crippen LogP contribution >= 0.6 is 0 Å². The second-order valence-corrected chi connectivity index (χ2v) is 8.44. The summed E-state index contributed by atoms with van der Waals surface area (Å²) >= 11 is 0. The van der Waals surface area contributed by atoms with E-state index in [4.69, 9.17) is 14.5 Å². The molecule has 158 valence electrons. The van der Waals surface area contributed by atoms with Gasteiger partial charge in [0, 0.05) is 12.6 Å². The summed E-state index contributed by atoms with van der Waals surface area (Å²) in [7, 11) is 0. The third-order valence-corrected chi connectivity index (χ3v) is 4.67. The molecule has 8 nitrogen and oxygen atoms in total. The summed E-state index contributed by atoms with van der Waals surface area (Å²) in [5.74, 6) is 2.73. The van der Waals surface area contributed by atoms with Crippen molar-refractivity contribution in [3.05, 3.63) is 35.8 Å². The number of imidazole rings is 1. The van der Waals surface area contributed by atoms with E-state index in [-0.39, 0.29) is 12.4 Å². The number of aryl methyl sites for hydroxylation is 1. The van der Waals surface area contributed by atoms with E-state index in [1.807, 2.05) is 45.2 Å². The van der Waals surface area contributed by atoms with E-state index < -0.39 is 5.60 Å². The van der Waals surface area contributed by atoms with Crippen molar-refractivity contribution in [3.63, 3.8) is 0 Å². The standard InChI is InChI=1S/C22H27N5O3/c1-5-6-18-24-20(26-25-18)16-13-27-9-10-29-17-8-7-14(11-15(17)21(27)23-16)12-19(28)30-22(2,3)4/h7-8,11,13H,5-6,9-10,12H2,1-4H3,(H,24,25,26). The SMILES string of the molecule is CCCc1n[nH]c(-c2cn3c(n2)-c2cc(CC(=O)OC(C)(C)C)ccc2OCC3)n1. The Morgan fingerprint density at radius 1 is 1.30 bits per heavy atom. The minimum absolute atomic E-state index is 0.195. The molecule has 0 spiro atoms. The smallest absolute Gasteiger partial charge is 0.310 e. The van der Waals surface area contributed by atoms with E-state index in [0.29, 0.717) is 19.0 Å². The first-order valence-corrected chi connectivity index (χ1v) is 10.3. The fourth-order valence-corrected chi connectivity index (χ4v) is 3.45. The second-order valence-electron chi connectivity index (χ2n) is 8.44. The molecule has 0 radical (unpaired) electrons. The van der Waals surface area contributed by atoms with Crippen LogP contribution in [0, 0.1) is 0 Å². The summed E-state index contributed by atoms with van der Waals surface area (Å²) in [6.45, 7) is 8.91. The number of carbonyl (C=O) groups is 1. The van der Waals surface area contributed by atoms with Crippen LogP contribution in [-0.2, 0) is 28.9 Å². The van der Waals surface area contributed by atoms with Gasteiger partial charge < -0.3 is 14.0 Å². The number of fused-ring (bicyclic) bond motifs is 3. The van der Waals surface area contributed by atoms with E-state index in [1.165, 1.54) is 0 Å². The lowest BCUT2D eigenvalue weighted by molar-refractivity contribution is -0.153. The Morgan fingerprint density at radius 3 is 2.90 bits per heavy atom. The summed E-state index contributed by atoms with van der Waals surface area (Å²) in [5.41, 5.74) is 1.94. The van der Waals surface area contributed by atoms with E-state index in [0.717, 1.165) is 47.1 Å². The topological polar surface area (TPSA) is 94.9 Å². The quantitative estimate of drug-likeness (QED) is 0.648. The number of benzene rings is 1. The van der Waals surface area contributed by atoms with Crippen LogP contribution in [0.15, 0.2) is 24.4 Å². The zero-order chi connectivity index (χ0) is 21.3. The number of ether oxygens (including phenoxy) is 2. The monoisotopic (exact) mass is 409 g/mol. The summed E-state index contributed by atoms with van der Waals surface area (Å²) in [5, 5.41) is 7.25. The third-order valence-electron chi connectivity index (χ3n) is 4.67. The van der Waals surface area contributed by atoms with Crippen LogP contribution in [0.5, 0.6) is 5.75 Å². The maximum absolute atomic E-state index is 12.3. The summed E-state index contributed by atoms with van der Waals surface area (Å²) in [4.78, 5) is 21.6. The number of nitrogens with zero attached hydrogens (tertiary/aromatic N) is 4. The number of aromatic amines is 1. The van der Waals surface area contributed by atoms with E-state index in [9.17, 15) is 4.79 Å². The van der Waals surface area contributed by atoms with Crippen molar-refractivity contribution in [1.82, 2.24) is 24.7 Å². The largest absolute Gasteiger partial charge is 0.491 e. The highest BCUT2D eigenvalue weighted by Gasteiger charge is 2.22. The number of aromatic nitrogens is 5. The predicted octanol–water partition coefficient (Wildman–Crippen LogP) is 3.56. The van der Waals surface area contributed by atoms with Crippen molar-refractivity contribution in [1.29, 1.82) is 0 Å². The zero-order valence-electron chi connectivity index (χ0n) is 17.9. The number of carbonyl (C=O) groups excluding carboxylic acids is 1. The lowest BCUT2D eigenvalue weighted by Gasteiger charge is -2.19. The van der Waals surface area contributed by atoms with Gasteiger partial charge in [-0.25, -0.2) is 9.97 Å².